The van der Waals surface area contributed by atoms with Gasteiger partial charge in [0.25, 0.3) is 0 Å². The third-order valence-electron chi connectivity index (χ3n) is 2.69. The van der Waals surface area contributed by atoms with Crippen molar-refractivity contribution < 1.29 is 8.78 Å². The van der Waals surface area contributed by atoms with Crippen LogP contribution in [0.2, 0.25) is 0 Å². The first-order chi connectivity index (χ1) is 8.22. The van der Waals surface area contributed by atoms with E-state index in [1.165, 1.54) is 6.07 Å². The number of hydrogen-bond donors (Lipinski definition) is 1. The van der Waals surface area contributed by atoms with E-state index in [0.29, 0.717) is 5.56 Å². The van der Waals surface area contributed by atoms with Gasteiger partial charge in [-0.3, -0.25) is 0 Å². The van der Waals surface area contributed by atoms with Crippen molar-refractivity contribution in [1.82, 2.24) is 5.32 Å². The van der Waals surface area contributed by atoms with E-state index in [0.717, 1.165) is 17.7 Å². The smallest absolute Gasteiger partial charge is 0.128 e. The van der Waals surface area contributed by atoms with Crippen molar-refractivity contribution in [2.24, 2.45) is 0 Å². The van der Waals surface area contributed by atoms with Crippen molar-refractivity contribution in [3.05, 3.63) is 71.3 Å². The highest BCUT2D eigenvalue weighted by molar-refractivity contribution is 5.32. The van der Waals surface area contributed by atoms with E-state index in [2.05, 4.69) is 5.32 Å². The predicted octanol–water partition coefficient (Wildman–Crippen LogP) is 3.27. The normalized spacial score (nSPS) is 12.4. The third-order valence-corrected chi connectivity index (χ3v) is 2.69. The molecule has 2 aromatic rings. The van der Waals surface area contributed by atoms with Crippen LogP contribution in [0.15, 0.2) is 48.5 Å². The lowest BCUT2D eigenvalue weighted by Gasteiger charge is -2.17. The SMILES string of the molecule is CNC(c1ccccc1)c1cc(F)ccc1F. The molecule has 1 atom stereocenters. The summed E-state index contributed by atoms with van der Waals surface area (Å²) in [7, 11) is 1.72. The molecule has 0 amide bonds. The van der Waals surface area contributed by atoms with Crippen LogP contribution in [0, 0.1) is 11.6 Å². The van der Waals surface area contributed by atoms with E-state index in [1.807, 2.05) is 30.3 Å². The number of rotatable bonds is 3. The molecule has 0 aromatic heterocycles. The van der Waals surface area contributed by atoms with Gasteiger partial charge >= 0.3 is 0 Å². The van der Waals surface area contributed by atoms with Crippen LogP contribution in [0.25, 0.3) is 0 Å². The second kappa shape index (κ2) is 5.06. The first-order valence-corrected chi connectivity index (χ1v) is 5.39. The maximum atomic E-state index is 13.7. The number of nitrogens with one attached hydrogen (secondary N) is 1. The summed E-state index contributed by atoms with van der Waals surface area (Å²) in [5.41, 5.74) is 1.22. The molecule has 0 spiro atoms. The average molecular weight is 233 g/mol. The summed E-state index contributed by atoms with van der Waals surface area (Å²) in [6, 6.07) is 12.5. The Morgan fingerprint density at radius 1 is 1.00 bits per heavy atom. The standard InChI is InChI=1S/C14H13F2N/c1-17-14(10-5-3-2-4-6-10)12-9-11(15)7-8-13(12)16/h2-9,14,17H,1H3. The molecule has 1 N–H and O–H groups in total. The van der Waals surface area contributed by atoms with Crippen LogP contribution in [0.5, 0.6) is 0 Å². The fourth-order valence-electron chi connectivity index (χ4n) is 1.88. The summed E-state index contributed by atoms with van der Waals surface area (Å²) in [4.78, 5) is 0. The Labute approximate surface area is 99.1 Å². The molecular formula is C14H13F2N. The molecule has 0 fully saturated rings. The van der Waals surface area contributed by atoms with E-state index in [9.17, 15) is 8.78 Å². The Kier molecular flexibility index (Phi) is 3.49. The van der Waals surface area contributed by atoms with E-state index >= 15 is 0 Å². The van der Waals surface area contributed by atoms with Crippen LogP contribution in [0.4, 0.5) is 8.78 Å². The van der Waals surface area contributed by atoms with Crippen LogP contribution in [0.1, 0.15) is 17.2 Å². The van der Waals surface area contributed by atoms with Crippen LogP contribution in [-0.2, 0) is 0 Å². The first kappa shape index (κ1) is 11.7. The van der Waals surface area contributed by atoms with E-state index in [4.69, 9.17) is 0 Å². The van der Waals surface area contributed by atoms with Crippen molar-refractivity contribution >= 4 is 0 Å². The highest BCUT2D eigenvalue weighted by Gasteiger charge is 2.16. The van der Waals surface area contributed by atoms with Gasteiger partial charge in [0.1, 0.15) is 11.6 Å². The summed E-state index contributed by atoms with van der Waals surface area (Å²) in [5.74, 6) is -0.841. The molecule has 0 saturated heterocycles. The van der Waals surface area contributed by atoms with E-state index < -0.39 is 11.6 Å². The lowest BCUT2D eigenvalue weighted by atomic mass is 9.98. The van der Waals surface area contributed by atoms with Gasteiger partial charge in [-0.1, -0.05) is 30.3 Å². The molecule has 17 heavy (non-hydrogen) atoms. The minimum absolute atomic E-state index is 0.318. The Hall–Kier alpha value is -1.74. The van der Waals surface area contributed by atoms with Gasteiger partial charge < -0.3 is 5.32 Å². The summed E-state index contributed by atoms with van der Waals surface area (Å²) < 4.78 is 26.9. The van der Waals surface area contributed by atoms with Gasteiger partial charge in [-0.15, -0.1) is 0 Å². The second-order valence-corrected chi connectivity index (χ2v) is 3.80. The minimum atomic E-state index is -0.433. The van der Waals surface area contributed by atoms with Crippen molar-refractivity contribution in [2.75, 3.05) is 7.05 Å². The summed E-state index contributed by atoms with van der Waals surface area (Å²) in [6.45, 7) is 0. The van der Waals surface area contributed by atoms with E-state index in [1.54, 1.807) is 7.05 Å². The molecule has 1 nitrogen and oxygen atoms in total. The molecule has 88 valence electrons. The fraction of sp³-hybridized carbons (Fsp3) is 0.143. The highest BCUT2D eigenvalue weighted by atomic mass is 19.1. The number of benzene rings is 2. The first-order valence-electron chi connectivity index (χ1n) is 5.39. The molecule has 2 rings (SSSR count). The lowest BCUT2D eigenvalue weighted by molar-refractivity contribution is 0.558. The molecular weight excluding hydrogens is 220 g/mol. The van der Waals surface area contributed by atoms with Crippen LogP contribution < -0.4 is 5.32 Å². The second-order valence-electron chi connectivity index (χ2n) is 3.80. The van der Waals surface area contributed by atoms with E-state index in [-0.39, 0.29) is 6.04 Å². The predicted molar refractivity (Wildman–Crippen MR) is 63.7 cm³/mol. The monoisotopic (exact) mass is 233 g/mol. The topological polar surface area (TPSA) is 12.0 Å². The fourth-order valence-corrected chi connectivity index (χ4v) is 1.88. The van der Waals surface area contributed by atoms with Crippen molar-refractivity contribution in [1.29, 1.82) is 0 Å². The minimum Gasteiger partial charge on any atom is -0.309 e. The molecule has 0 aliphatic rings. The van der Waals surface area contributed by atoms with Gasteiger partial charge in [0.2, 0.25) is 0 Å². The van der Waals surface area contributed by atoms with Crippen molar-refractivity contribution in [3.8, 4) is 0 Å². The van der Waals surface area contributed by atoms with Crippen LogP contribution >= 0.6 is 0 Å². The zero-order valence-electron chi connectivity index (χ0n) is 9.45. The molecule has 0 saturated carbocycles. The quantitative estimate of drug-likeness (QED) is 0.857. The molecule has 0 bridgehead atoms. The summed E-state index contributed by atoms with van der Waals surface area (Å²) >= 11 is 0. The molecule has 2 aromatic carbocycles. The van der Waals surface area contributed by atoms with Crippen LogP contribution in [-0.4, -0.2) is 7.05 Å². The molecule has 0 aliphatic heterocycles. The largest absolute Gasteiger partial charge is 0.309 e. The lowest BCUT2D eigenvalue weighted by Crippen LogP contribution is -2.19. The Bertz CT molecular complexity index is 497. The van der Waals surface area contributed by atoms with Gasteiger partial charge in [-0.05, 0) is 30.8 Å². The van der Waals surface area contributed by atoms with Gasteiger partial charge in [-0.2, -0.15) is 0 Å². The zero-order chi connectivity index (χ0) is 12.3. The summed E-state index contributed by atoms with van der Waals surface area (Å²) in [6.07, 6.45) is 0. The average Bonchev–Trinajstić information content (AvgIpc) is 2.36. The molecule has 1 unspecified atom stereocenters. The molecule has 0 radical (unpaired) electrons. The Balaban J connectivity index is 2.46. The molecule has 3 heteroatoms. The van der Waals surface area contributed by atoms with Crippen LogP contribution in [0.3, 0.4) is 0 Å². The van der Waals surface area contributed by atoms with Gasteiger partial charge in [-0.25, -0.2) is 8.78 Å². The molecule has 0 heterocycles. The maximum absolute atomic E-state index is 13.7. The van der Waals surface area contributed by atoms with Crippen molar-refractivity contribution in [2.45, 2.75) is 6.04 Å². The third kappa shape index (κ3) is 2.50. The maximum Gasteiger partial charge on any atom is 0.128 e. The number of hydrogen-bond acceptors (Lipinski definition) is 1. The Morgan fingerprint density at radius 2 is 1.71 bits per heavy atom. The van der Waals surface area contributed by atoms with Gasteiger partial charge in [0.05, 0.1) is 6.04 Å². The van der Waals surface area contributed by atoms with Gasteiger partial charge in [0.15, 0.2) is 0 Å². The zero-order valence-corrected chi connectivity index (χ0v) is 9.45. The number of halogens is 2. The van der Waals surface area contributed by atoms with Crippen molar-refractivity contribution in [3.63, 3.8) is 0 Å². The van der Waals surface area contributed by atoms with Gasteiger partial charge in [0, 0.05) is 5.56 Å². The Morgan fingerprint density at radius 3 is 2.35 bits per heavy atom. The molecule has 0 aliphatic carbocycles. The summed E-state index contributed by atoms with van der Waals surface area (Å²) in [5, 5.41) is 3.00. The highest BCUT2D eigenvalue weighted by Crippen LogP contribution is 2.24.